The molecule has 0 atom stereocenters. The van der Waals surface area contributed by atoms with E-state index >= 15 is 0 Å². The molecule has 0 unspecified atom stereocenters. The van der Waals surface area contributed by atoms with E-state index < -0.39 is 13.0 Å². The molecule has 0 aliphatic heterocycles. The molecule has 1 saturated carbocycles. The molecule has 0 aromatic carbocycles. The summed E-state index contributed by atoms with van der Waals surface area (Å²) in [7, 11) is 0. The summed E-state index contributed by atoms with van der Waals surface area (Å²) < 4.78 is 27.4. The van der Waals surface area contributed by atoms with E-state index in [2.05, 4.69) is 0 Å². The van der Waals surface area contributed by atoms with Crippen LogP contribution in [-0.2, 0) is 4.74 Å². The van der Waals surface area contributed by atoms with Gasteiger partial charge < -0.3 is 4.74 Å². The zero-order chi connectivity index (χ0) is 6.69. The first kappa shape index (κ1) is 6.93. The van der Waals surface area contributed by atoms with Gasteiger partial charge in [-0.3, -0.25) is 0 Å². The van der Waals surface area contributed by atoms with Gasteiger partial charge in [0.1, 0.15) is 6.61 Å². The van der Waals surface area contributed by atoms with Gasteiger partial charge in [-0.25, -0.2) is 0 Å². The zero-order valence-electron chi connectivity index (χ0n) is 5.07. The molecule has 9 heavy (non-hydrogen) atoms. The maximum atomic E-state index is 11.3. The Balaban J connectivity index is 1.91. The second-order valence-electron chi connectivity index (χ2n) is 2.20. The summed E-state index contributed by atoms with van der Waals surface area (Å²) in [6.45, 7) is -0.468. The molecule has 0 spiro atoms. The fraction of sp³-hybridized carbons (Fsp3) is 0.833. The molecule has 1 aliphatic rings. The molecule has 1 radical (unpaired) electrons. The Labute approximate surface area is 53.0 Å². The lowest BCUT2D eigenvalue weighted by Gasteiger charge is -2.24. The summed E-state index contributed by atoms with van der Waals surface area (Å²) in [5.74, 6) is 0. The summed E-state index contributed by atoms with van der Waals surface area (Å²) in [5.41, 5.74) is 0. The summed E-state index contributed by atoms with van der Waals surface area (Å²) >= 11 is 0. The van der Waals surface area contributed by atoms with Crippen LogP contribution in [0.4, 0.5) is 8.78 Å². The second kappa shape index (κ2) is 3.11. The van der Waals surface area contributed by atoms with Crippen molar-refractivity contribution in [2.75, 3.05) is 6.61 Å². The SMILES string of the molecule is F[C](F)COC1CCC1. The smallest absolute Gasteiger partial charge is 0.335 e. The third kappa shape index (κ3) is 2.26. The van der Waals surface area contributed by atoms with E-state index in [1.54, 1.807) is 0 Å². The molecule has 1 aliphatic carbocycles. The van der Waals surface area contributed by atoms with E-state index in [1.807, 2.05) is 0 Å². The molecule has 1 nitrogen and oxygen atoms in total. The van der Waals surface area contributed by atoms with Crippen LogP contribution in [0.15, 0.2) is 0 Å². The van der Waals surface area contributed by atoms with Crippen LogP contribution < -0.4 is 0 Å². The van der Waals surface area contributed by atoms with Crippen molar-refractivity contribution in [3.8, 4) is 0 Å². The van der Waals surface area contributed by atoms with Gasteiger partial charge in [0.2, 0.25) is 0 Å². The Kier molecular flexibility index (Phi) is 2.39. The van der Waals surface area contributed by atoms with Crippen molar-refractivity contribution >= 4 is 0 Å². The molecule has 53 valence electrons. The Morgan fingerprint density at radius 3 is 2.44 bits per heavy atom. The van der Waals surface area contributed by atoms with E-state index in [-0.39, 0.29) is 6.10 Å². The third-order valence-corrected chi connectivity index (χ3v) is 1.48. The van der Waals surface area contributed by atoms with Crippen LogP contribution in [0.2, 0.25) is 0 Å². The molecular weight excluding hydrogens is 126 g/mol. The fourth-order valence-corrected chi connectivity index (χ4v) is 0.718. The topological polar surface area (TPSA) is 9.23 Å². The Hall–Kier alpha value is -0.180. The third-order valence-electron chi connectivity index (χ3n) is 1.48. The molecule has 3 heteroatoms. The van der Waals surface area contributed by atoms with Crippen molar-refractivity contribution in [3.63, 3.8) is 0 Å². The van der Waals surface area contributed by atoms with Crippen LogP contribution in [0.3, 0.4) is 0 Å². The second-order valence-corrected chi connectivity index (χ2v) is 2.20. The highest BCUT2D eigenvalue weighted by molar-refractivity contribution is 4.70. The predicted octanol–water partition coefficient (Wildman–Crippen LogP) is 1.98. The average molecular weight is 135 g/mol. The van der Waals surface area contributed by atoms with Crippen molar-refractivity contribution in [1.82, 2.24) is 0 Å². The predicted molar refractivity (Wildman–Crippen MR) is 29.0 cm³/mol. The number of hydrogen-bond acceptors (Lipinski definition) is 1. The van der Waals surface area contributed by atoms with Crippen LogP contribution in [-0.4, -0.2) is 12.7 Å². The molecule has 0 heterocycles. The van der Waals surface area contributed by atoms with Gasteiger partial charge in [-0.2, -0.15) is 8.78 Å². The molecule has 0 bridgehead atoms. The molecule has 1 fully saturated rings. The van der Waals surface area contributed by atoms with Crippen LogP contribution >= 0.6 is 0 Å². The van der Waals surface area contributed by atoms with Crippen molar-refractivity contribution in [2.45, 2.75) is 25.4 Å². The summed E-state index contributed by atoms with van der Waals surface area (Å²) in [4.78, 5) is 0. The van der Waals surface area contributed by atoms with Gasteiger partial charge in [0.05, 0.1) is 6.10 Å². The van der Waals surface area contributed by atoms with Crippen LogP contribution in [0, 0.1) is 6.43 Å². The zero-order valence-corrected chi connectivity index (χ0v) is 5.07. The normalized spacial score (nSPS) is 20.3. The fourth-order valence-electron chi connectivity index (χ4n) is 0.718. The Morgan fingerprint density at radius 2 is 2.11 bits per heavy atom. The standard InChI is InChI=1S/C6H9F2O/c7-6(8)4-9-5-2-1-3-5/h5H,1-4H2. The number of rotatable bonds is 3. The lowest BCUT2D eigenvalue weighted by atomic mass is 9.96. The van der Waals surface area contributed by atoms with Crippen molar-refractivity contribution < 1.29 is 13.5 Å². The number of hydrogen-bond donors (Lipinski definition) is 0. The van der Waals surface area contributed by atoms with Crippen LogP contribution in [0.25, 0.3) is 0 Å². The van der Waals surface area contributed by atoms with Gasteiger partial charge in [-0.15, -0.1) is 0 Å². The largest absolute Gasteiger partial charge is 0.372 e. The first-order valence-corrected chi connectivity index (χ1v) is 3.07. The lowest BCUT2D eigenvalue weighted by molar-refractivity contribution is -0.0181. The first-order chi connectivity index (χ1) is 4.29. The van der Waals surface area contributed by atoms with E-state index in [9.17, 15) is 8.78 Å². The van der Waals surface area contributed by atoms with E-state index in [0.717, 1.165) is 19.3 Å². The van der Waals surface area contributed by atoms with Crippen LogP contribution in [0.5, 0.6) is 0 Å². The number of ether oxygens (including phenoxy) is 1. The van der Waals surface area contributed by atoms with Gasteiger partial charge in [0.15, 0.2) is 0 Å². The first-order valence-electron chi connectivity index (χ1n) is 3.07. The minimum Gasteiger partial charge on any atom is -0.372 e. The molecule has 1 rings (SSSR count). The molecule has 0 aromatic rings. The summed E-state index contributed by atoms with van der Waals surface area (Å²) in [5, 5.41) is 0. The highest BCUT2D eigenvalue weighted by Gasteiger charge is 2.19. The van der Waals surface area contributed by atoms with Gasteiger partial charge in [-0.1, -0.05) is 0 Å². The maximum absolute atomic E-state index is 11.3. The maximum Gasteiger partial charge on any atom is 0.335 e. The van der Waals surface area contributed by atoms with Crippen molar-refractivity contribution in [1.29, 1.82) is 0 Å². The van der Waals surface area contributed by atoms with Crippen molar-refractivity contribution in [2.24, 2.45) is 0 Å². The highest BCUT2D eigenvalue weighted by atomic mass is 19.3. The average Bonchev–Trinajstić information content (AvgIpc) is 1.60. The van der Waals surface area contributed by atoms with Crippen LogP contribution in [0.1, 0.15) is 19.3 Å². The monoisotopic (exact) mass is 135 g/mol. The Bertz CT molecular complexity index is 81.1. The van der Waals surface area contributed by atoms with Gasteiger partial charge in [0, 0.05) is 0 Å². The van der Waals surface area contributed by atoms with Gasteiger partial charge >= 0.3 is 6.43 Å². The van der Waals surface area contributed by atoms with E-state index in [4.69, 9.17) is 4.74 Å². The minimum atomic E-state index is -1.62. The lowest BCUT2D eigenvalue weighted by Crippen LogP contribution is -2.22. The summed E-state index contributed by atoms with van der Waals surface area (Å²) in [6, 6.07) is 0. The Morgan fingerprint density at radius 1 is 1.44 bits per heavy atom. The molecule has 0 aromatic heterocycles. The molecule has 0 saturated heterocycles. The molecular formula is C6H9F2O. The summed E-state index contributed by atoms with van der Waals surface area (Å²) in [6.07, 6.45) is 1.52. The van der Waals surface area contributed by atoms with Crippen molar-refractivity contribution in [3.05, 3.63) is 6.43 Å². The van der Waals surface area contributed by atoms with E-state index in [0.29, 0.717) is 0 Å². The van der Waals surface area contributed by atoms with Gasteiger partial charge in [0.25, 0.3) is 0 Å². The molecule has 0 N–H and O–H groups in total. The molecule has 0 amide bonds. The number of halogens is 2. The highest BCUT2D eigenvalue weighted by Crippen LogP contribution is 2.22. The van der Waals surface area contributed by atoms with E-state index in [1.165, 1.54) is 0 Å². The quantitative estimate of drug-likeness (QED) is 0.575. The minimum absolute atomic E-state index is 0.117. The van der Waals surface area contributed by atoms with Gasteiger partial charge in [-0.05, 0) is 19.3 Å².